The summed E-state index contributed by atoms with van der Waals surface area (Å²) in [4.78, 5) is 35.6. The van der Waals surface area contributed by atoms with Gasteiger partial charge in [-0.2, -0.15) is 0 Å². The zero-order valence-electron chi connectivity index (χ0n) is 24.2. The number of fused-ring (bicyclic) bond motifs is 2. The summed E-state index contributed by atoms with van der Waals surface area (Å²) in [7, 11) is 0. The maximum absolute atomic E-state index is 14.7. The van der Waals surface area contributed by atoms with E-state index in [-0.39, 0.29) is 5.69 Å². The second-order valence-corrected chi connectivity index (χ2v) is 11.1. The van der Waals surface area contributed by atoms with Crippen molar-refractivity contribution in [2.24, 2.45) is 0 Å². The third-order valence-electron chi connectivity index (χ3n) is 7.81. The fourth-order valence-corrected chi connectivity index (χ4v) is 5.35. The lowest BCUT2D eigenvalue weighted by Crippen LogP contribution is -2.48. The number of nitrogens with one attached hydrogen (secondary N) is 2. The van der Waals surface area contributed by atoms with Gasteiger partial charge in [0.1, 0.15) is 19.0 Å². The first-order valence-electron chi connectivity index (χ1n) is 14.5. The molecule has 43 heavy (non-hydrogen) atoms. The minimum atomic E-state index is -0.619. The average Bonchev–Trinajstić information content (AvgIpc) is 3.02. The molecule has 0 bridgehead atoms. The van der Waals surface area contributed by atoms with Crippen LogP contribution in [0.5, 0.6) is 11.5 Å². The zero-order valence-corrected chi connectivity index (χ0v) is 24.2. The van der Waals surface area contributed by atoms with Crippen LogP contribution in [0.25, 0.3) is 10.9 Å². The lowest BCUT2D eigenvalue weighted by atomic mass is 10.1. The zero-order chi connectivity index (χ0) is 29.9. The van der Waals surface area contributed by atoms with Crippen molar-refractivity contribution >= 4 is 34.1 Å². The Bertz CT molecular complexity index is 1670. The molecule has 10 heteroatoms. The standard InChI is InChI=1S/C33H34FN5O4/c1-21(2)39-13-11-38(12-14-39)20-26-6-3-22-17-23(4-9-28(22)35-26)33(41)37-29-19-25(7-8-27(29)34)36-32(40)24-5-10-30-31(18-24)43-16-15-42-30/h3-10,17-19,21H,11-16,20H2,1-2H3,(H,36,40)(H,37,41). The molecule has 0 aliphatic carbocycles. The number of carbonyl (C=O) groups is 2. The predicted octanol–water partition coefficient (Wildman–Crippen LogP) is 5.18. The van der Waals surface area contributed by atoms with Gasteiger partial charge in [-0.25, -0.2) is 4.39 Å². The summed E-state index contributed by atoms with van der Waals surface area (Å²) in [6.45, 7) is 10.2. The fourth-order valence-electron chi connectivity index (χ4n) is 5.35. The van der Waals surface area contributed by atoms with E-state index < -0.39 is 17.6 Å². The molecule has 4 aromatic rings. The highest BCUT2D eigenvalue weighted by atomic mass is 19.1. The van der Waals surface area contributed by atoms with Crippen LogP contribution in [0.2, 0.25) is 0 Å². The lowest BCUT2D eigenvalue weighted by molar-refractivity contribution is 0.101. The predicted molar refractivity (Wildman–Crippen MR) is 163 cm³/mol. The van der Waals surface area contributed by atoms with E-state index in [4.69, 9.17) is 14.5 Å². The van der Waals surface area contributed by atoms with Crippen molar-refractivity contribution in [1.29, 1.82) is 0 Å². The summed E-state index contributed by atoms with van der Waals surface area (Å²) in [6, 6.07) is 18.7. The SMILES string of the molecule is CC(C)N1CCN(Cc2ccc3cc(C(=O)Nc4cc(NC(=O)c5ccc6c(c5)OCCO6)ccc4F)ccc3n2)CC1. The molecule has 2 amide bonds. The van der Waals surface area contributed by atoms with Crippen molar-refractivity contribution in [3.05, 3.63) is 89.4 Å². The molecule has 0 atom stereocenters. The van der Waals surface area contributed by atoms with Gasteiger partial charge in [-0.1, -0.05) is 6.07 Å². The highest BCUT2D eigenvalue weighted by molar-refractivity contribution is 6.07. The maximum Gasteiger partial charge on any atom is 0.255 e. The number of piperazine rings is 1. The van der Waals surface area contributed by atoms with E-state index in [9.17, 15) is 14.0 Å². The largest absolute Gasteiger partial charge is 0.486 e. The number of hydrogen-bond acceptors (Lipinski definition) is 7. The number of benzene rings is 3. The Morgan fingerprint density at radius 2 is 1.56 bits per heavy atom. The van der Waals surface area contributed by atoms with Crippen LogP contribution < -0.4 is 20.1 Å². The van der Waals surface area contributed by atoms with Crippen LogP contribution >= 0.6 is 0 Å². The molecule has 1 fully saturated rings. The first kappa shape index (κ1) is 28.6. The Kier molecular flexibility index (Phi) is 8.22. The average molecular weight is 584 g/mol. The molecule has 3 heterocycles. The first-order valence-corrected chi connectivity index (χ1v) is 14.5. The summed E-state index contributed by atoms with van der Waals surface area (Å²) in [5.41, 5.74) is 2.80. The molecule has 2 aliphatic rings. The van der Waals surface area contributed by atoms with Gasteiger partial charge in [-0.3, -0.25) is 24.4 Å². The van der Waals surface area contributed by atoms with Crippen molar-refractivity contribution in [3.63, 3.8) is 0 Å². The molecule has 0 saturated carbocycles. The Balaban J connectivity index is 1.10. The number of ether oxygens (including phenoxy) is 2. The minimum absolute atomic E-state index is 0.0453. The molecule has 2 N–H and O–H groups in total. The number of halogens is 1. The van der Waals surface area contributed by atoms with Crippen molar-refractivity contribution in [3.8, 4) is 11.5 Å². The summed E-state index contributed by atoms with van der Waals surface area (Å²) in [5, 5.41) is 6.19. The van der Waals surface area contributed by atoms with Gasteiger partial charge in [0.05, 0.1) is 16.9 Å². The van der Waals surface area contributed by atoms with Crippen molar-refractivity contribution in [2.45, 2.75) is 26.4 Å². The molecule has 9 nitrogen and oxygen atoms in total. The number of pyridine rings is 1. The number of nitrogens with zero attached hydrogens (tertiary/aromatic N) is 3. The Morgan fingerprint density at radius 1 is 0.837 bits per heavy atom. The van der Waals surface area contributed by atoms with E-state index in [1.165, 1.54) is 18.2 Å². The molecule has 3 aromatic carbocycles. The Hall–Kier alpha value is -4.54. The molecule has 0 unspecified atom stereocenters. The van der Waals surface area contributed by atoms with Gasteiger partial charge in [0.2, 0.25) is 0 Å². The van der Waals surface area contributed by atoms with E-state index >= 15 is 0 Å². The van der Waals surface area contributed by atoms with E-state index in [1.54, 1.807) is 30.3 Å². The molecule has 0 radical (unpaired) electrons. The second kappa shape index (κ2) is 12.4. The van der Waals surface area contributed by atoms with E-state index in [2.05, 4.69) is 34.3 Å². The van der Waals surface area contributed by atoms with Crippen LogP contribution in [0.1, 0.15) is 40.3 Å². The number of anilines is 2. The number of amides is 2. The van der Waals surface area contributed by atoms with Crippen LogP contribution in [0.15, 0.2) is 66.7 Å². The van der Waals surface area contributed by atoms with Crippen molar-refractivity contribution in [1.82, 2.24) is 14.8 Å². The first-order chi connectivity index (χ1) is 20.8. The normalized spacial score (nSPS) is 15.4. The second-order valence-electron chi connectivity index (χ2n) is 11.1. The summed E-state index contributed by atoms with van der Waals surface area (Å²) < 4.78 is 25.7. The lowest BCUT2D eigenvalue weighted by Gasteiger charge is -2.36. The molecule has 1 aromatic heterocycles. The monoisotopic (exact) mass is 583 g/mol. The van der Waals surface area contributed by atoms with E-state index in [1.807, 2.05) is 18.2 Å². The van der Waals surface area contributed by atoms with Gasteiger partial charge in [0, 0.05) is 61.0 Å². The molecular weight excluding hydrogens is 549 g/mol. The van der Waals surface area contributed by atoms with Crippen LogP contribution in [0.4, 0.5) is 15.8 Å². The molecular formula is C33H34FN5O4. The Labute approximate surface area is 249 Å². The van der Waals surface area contributed by atoms with Gasteiger partial charge in [0.25, 0.3) is 11.8 Å². The highest BCUT2D eigenvalue weighted by Crippen LogP contribution is 2.31. The van der Waals surface area contributed by atoms with Gasteiger partial charge in [-0.05, 0) is 74.5 Å². The molecule has 222 valence electrons. The number of rotatable bonds is 7. The maximum atomic E-state index is 14.7. The quantitative estimate of drug-likeness (QED) is 0.310. The summed E-state index contributed by atoms with van der Waals surface area (Å²) >= 11 is 0. The fraction of sp³-hybridized carbons (Fsp3) is 0.303. The van der Waals surface area contributed by atoms with E-state index in [0.29, 0.717) is 47.6 Å². The molecule has 2 aliphatic heterocycles. The van der Waals surface area contributed by atoms with Crippen LogP contribution in [0, 0.1) is 5.82 Å². The van der Waals surface area contributed by atoms with Gasteiger partial charge in [0.15, 0.2) is 11.5 Å². The van der Waals surface area contributed by atoms with Crippen molar-refractivity contribution in [2.75, 3.05) is 50.0 Å². The summed E-state index contributed by atoms with van der Waals surface area (Å²) in [6.07, 6.45) is 0. The molecule has 1 saturated heterocycles. The highest BCUT2D eigenvalue weighted by Gasteiger charge is 2.20. The smallest absolute Gasteiger partial charge is 0.255 e. The van der Waals surface area contributed by atoms with Crippen LogP contribution in [0.3, 0.4) is 0 Å². The molecule has 0 spiro atoms. The topological polar surface area (TPSA) is 96.0 Å². The molecule has 6 rings (SSSR count). The van der Waals surface area contributed by atoms with Crippen LogP contribution in [-0.4, -0.2) is 72.0 Å². The third-order valence-corrected chi connectivity index (χ3v) is 7.81. The van der Waals surface area contributed by atoms with Gasteiger partial charge < -0.3 is 20.1 Å². The third kappa shape index (κ3) is 6.60. The number of aromatic nitrogens is 1. The van der Waals surface area contributed by atoms with Crippen LogP contribution in [-0.2, 0) is 6.54 Å². The number of carbonyl (C=O) groups excluding carboxylic acids is 2. The summed E-state index contributed by atoms with van der Waals surface area (Å²) in [5.74, 6) is -0.418. The van der Waals surface area contributed by atoms with Gasteiger partial charge >= 0.3 is 0 Å². The van der Waals surface area contributed by atoms with Gasteiger partial charge in [-0.15, -0.1) is 0 Å². The van der Waals surface area contributed by atoms with Crippen molar-refractivity contribution < 1.29 is 23.5 Å². The van der Waals surface area contributed by atoms with E-state index in [0.717, 1.165) is 49.3 Å². The Morgan fingerprint density at radius 3 is 2.35 bits per heavy atom. The number of hydrogen-bond donors (Lipinski definition) is 2. The minimum Gasteiger partial charge on any atom is -0.486 e.